The maximum absolute atomic E-state index is 15.1. The summed E-state index contributed by atoms with van der Waals surface area (Å²) < 4.78 is 18.2. The molecule has 3 aromatic heterocycles. The van der Waals surface area contributed by atoms with Crippen molar-refractivity contribution in [1.29, 1.82) is 0 Å². The first-order valence-electron chi connectivity index (χ1n) is 10.8. The lowest BCUT2D eigenvalue weighted by Gasteiger charge is -2.41. The highest BCUT2D eigenvalue weighted by Crippen LogP contribution is 2.35. The minimum absolute atomic E-state index is 0.0194. The fraction of sp³-hybridized carbons (Fsp3) is 0.333. The highest BCUT2D eigenvalue weighted by atomic mass is 19.1. The van der Waals surface area contributed by atoms with Crippen LogP contribution >= 0.6 is 0 Å². The molecule has 1 aliphatic rings. The molecule has 4 heterocycles. The molecule has 0 amide bonds. The molecule has 0 radical (unpaired) electrons. The van der Waals surface area contributed by atoms with Gasteiger partial charge in [-0.2, -0.15) is 5.10 Å². The van der Waals surface area contributed by atoms with Gasteiger partial charge in [0.2, 0.25) is 5.78 Å². The van der Waals surface area contributed by atoms with Gasteiger partial charge in [-0.3, -0.25) is 4.40 Å². The minimum atomic E-state index is -0.605. The van der Waals surface area contributed by atoms with Gasteiger partial charge in [-0.05, 0) is 52.7 Å². The van der Waals surface area contributed by atoms with Crippen LogP contribution in [0.25, 0.3) is 28.3 Å². The molecule has 1 aliphatic heterocycles. The molecule has 33 heavy (non-hydrogen) atoms. The summed E-state index contributed by atoms with van der Waals surface area (Å²) >= 11 is 0. The molecule has 0 saturated carbocycles. The Hall–Kier alpha value is -3.59. The number of phenols is 1. The van der Waals surface area contributed by atoms with Crippen LogP contribution in [0.3, 0.4) is 0 Å². The van der Waals surface area contributed by atoms with Crippen LogP contribution in [0.5, 0.6) is 5.75 Å². The summed E-state index contributed by atoms with van der Waals surface area (Å²) in [6.07, 6.45) is 8.01. The number of benzene rings is 1. The van der Waals surface area contributed by atoms with Gasteiger partial charge >= 0.3 is 0 Å². The first-order chi connectivity index (χ1) is 15.5. The van der Waals surface area contributed by atoms with Gasteiger partial charge in [0, 0.05) is 35.6 Å². The van der Waals surface area contributed by atoms with Crippen LogP contribution in [0.15, 0.2) is 43.0 Å². The van der Waals surface area contributed by atoms with E-state index in [-0.39, 0.29) is 22.4 Å². The maximum atomic E-state index is 15.1. The Balaban J connectivity index is 1.54. The standard InChI is InChI=1S/C24H26FN7O/c1-14-26-13-32(29-14)16-8-17(25)21(20(33)9-16)19-12-31-7-6-18(27-22(31)28-19)15-10-23(2,3)30-24(4,5)11-15/h6-10,12-13,30,33H,11H2,1-5H3. The number of imidazole rings is 1. The quantitative estimate of drug-likeness (QED) is 0.492. The monoisotopic (exact) mass is 447 g/mol. The predicted molar refractivity (Wildman–Crippen MR) is 124 cm³/mol. The fourth-order valence-corrected chi connectivity index (χ4v) is 4.69. The van der Waals surface area contributed by atoms with E-state index in [9.17, 15) is 5.11 Å². The fourth-order valence-electron chi connectivity index (χ4n) is 4.69. The number of fused-ring (bicyclic) bond motifs is 1. The van der Waals surface area contributed by atoms with Crippen molar-refractivity contribution in [3.05, 3.63) is 60.3 Å². The minimum Gasteiger partial charge on any atom is -0.507 e. The number of aromatic hydroxyl groups is 1. The van der Waals surface area contributed by atoms with Crippen LogP contribution in [0.1, 0.15) is 45.6 Å². The zero-order chi connectivity index (χ0) is 23.5. The SMILES string of the molecule is Cc1ncn(-c2cc(O)c(-c3cn4ccc(C5=CC(C)(C)NC(C)(C)C5)nc4n3)c(F)c2)n1. The van der Waals surface area contributed by atoms with E-state index in [2.05, 4.69) is 54.2 Å². The zero-order valence-corrected chi connectivity index (χ0v) is 19.3. The van der Waals surface area contributed by atoms with Crippen molar-refractivity contribution in [2.45, 2.75) is 52.1 Å². The van der Waals surface area contributed by atoms with E-state index in [1.165, 1.54) is 23.1 Å². The van der Waals surface area contributed by atoms with Gasteiger partial charge in [-0.25, -0.2) is 24.0 Å². The molecule has 0 saturated heterocycles. The molecule has 0 fully saturated rings. The van der Waals surface area contributed by atoms with E-state index in [1.807, 2.05) is 12.3 Å². The number of aromatic nitrogens is 6. The van der Waals surface area contributed by atoms with Crippen molar-refractivity contribution >= 4 is 11.4 Å². The maximum Gasteiger partial charge on any atom is 0.234 e. The lowest BCUT2D eigenvalue weighted by molar-refractivity contribution is 0.297. The van der Waals surface area contributed by atoms with E-state index in [0.29, 0.717) is 23.0 Å². The summed E-state index contributed by atoms with van der Waals surface area (Å²) in [5.74, 6) is 0.154. The molecular weight excluding hydrogens is 421 g/mol. The Bertz CT molecular complexity index is 1390. The molecule has 2 N–H and O–H groups in total. The second-order valence-corrected chi connectivity index (χ2v) is 9.78. The second kappa shape index (κ2) is 7.21. The van der Waals surface area contributed by atoms with Crippen LogP contribution in [-0.4, -0.2) is 45.3 Å². The van der Waals surface area contributed by atoms with Crippen LogP contribution in [0.2, 0.25) is 0 Å². The summed E-state index contributed by atoms with van der Waals surface area (Å²) in [6.45, 7) is 10.3. The summed E-state index contributed by atoms with van der Waals surface area (Å²) in [6, 6.07) is 4.68. The summed E-state index contributed by atoms with van der Waals surface area (Å²) in [7, 11) is 0. The zero-order valence-electron chi connectivity index (χ0n) is 19.3. The van der Waals surface area contributed by atoms with Gasteiger partial charge in [0.05, 0.1) is 22.6 Å². The molecule has 0 unspecified atom stereocenters. The number of nitrogens with zero attached hydrogens (tertiary/aromatic N) is 6. The largest absolute Gasteiger partial charge is 0.507 e. The van der Waals surface area contributed by atoms with E-state index >= 15 is 4.39 Å². The van der Waals surface area contributed by atoms with Crippen molar-refractivity contribution in [3.63, 3.8) is 0 Å². The molecule has 0 atom stereocenters. The van der Waals surface area contributed by atoms with Crippen LogP contribution in [0, 0.1) is 12.7 Å². The molecule has 8 nitrogen and oxygen atoms in total. The lowest BCUT2D eigenvalue weighted by Crippen LogP contribution is -2.53. The molecular formula is C24H26FN7O. The lowest BCUT2D eigenvalue weighted by atomic mass is 9.82. The number of aryl methyl sites for hydroxylation is 1. The van der Waals surface area contributed by atoms with E-state index in [1.54, 1.807) is 17.5 Å². The van der Waals surface area contributed by atoms with Gasteiger partial charge in [0.25, 0.3) is 0 Å². The Kier molecular flexibility index (Phi) is 4.65. The average molecular weight is 448 g/mol. The molecule has 170 valence electrons. The van der Waals surface area contributed by atoms with Crippen LogP contribution in [0.4, 0.5) is 4.39 Å². The van der Waals surface area contributed by atoms with E-state index in [4.69, 9.17) is 4.98 Å². The normalized spacial score (nSPS) is 17.3. The first kappa shape index (κ1) is 21.3. The number of halogens is 1. The van der Waals surface area contributed by atoms with Crippen molar-refractivity contribution < 1.29 is 9.50 Å². The third-order valence-corrected chi connectivity index (χ3v) is 5.66. The third-order valence-electron chi connectivity index (χ3n) is 5.66. The van der Waals surface area contributed by atoms with Crippen molar-refractivity contribution in [3.8, 4) is 22.7 Å². The highest BCUT2D eigenvalue weighted by Gasteiger charge is 2.33. The first-order valence-corrected chi connectivity index (χ1v) is 10.8. The van der Waals surface area contributed by atoms with Gasteiger partial charge in [0.1, 0.15) is 23.7 Å². The predicted octanol–water partition coefficient (Wildman–Crippen LogP) is 4.06. The Labute approximate surface area is 190 Å². The Morgan fingerprint density at radius 2 is 1.88 bits per heavy atom. The molecule has 0 aliphatic carbocycles. The summed E-state index contributed by atoms with van der Waals surface area (Å²) in [5.41, 5.74) is 2.44. The van der Waals surface area contributed by atoms with Crippen LogP contribution < -0.4 is 5.32 Å². The topological polar surface area (TPSA) is 93.2 Å². The molecule has 1 aromatic carbocycles. The van der Waals surface area contributed by atoms with Gasteiger partial charge in [0.15, 0.2) is 0 Å². The average Bonchev–Trinajstić information content (AvgIpc) is 3.30. The molecule has 0 spiro atoms. The Morgan fingerprint density at radius 3 is 2.55 bits per heavy atom. The number of rotatable bonds is 3. The van der Waals surface area contributed by atoms with Gasteiger partial charge in [-0.1, -0.05) is 6.08 Å². The van der Waals surface area contributed by atoms with Gasteiger partial charge in [-0.15, -0.1) is 0 Å². The number of hydrogen-bond donors (Lipinski definition) is 2. The number of phenolic OH excluding ortho intramolecular Hbond substituents is 1. The molecule has 9 heteroatoms. The summed E-state index contributed by atoms with van der Waals surface area (Å²) in [4.78, 5) is 13.3. The van der Waals surface area contributed by atoms with Crippen molar-refractivity contribution in [2.75, 3.05) is 0 Å². The molecule has 5 rings (SSSR count). The van der Waals surface area contributed by atoms with Crippen molar-refractivity contribution in [1.82, 2.24) is 34.4 Å². The number of hydrogen-bond acceptors (Lipinski definition) is 6. The molecule has 4 aromatic rings. The third kappa shape index (κ3) is 4.00. The van der Waals surface area contributed by atoms with E-state index < -0.39 is 5.82 Å². The smallest absolute Gasteiger partial charge is 0.234 e. The Morgan fingerprint density at radius 1 is 1.12 bits per heavy atom. The van der Waals surface area contributed by atoms with Crippen molar-refractivity contribution in [2.24, 2.45) is 0 Å². The molecule has 0 bridgehead atoms. The number of nitrogens with one attached hydrogen (secondary N) is 1. The van der Waals surface area contributed by atoms with Gasteiger partial charge < -0.3 is 10.4 Å². The van der Waals surface area contributed by atoms with E-state index in [0.717, 1.165) is 17.7 Å². The summed E-state index contributed by atoms with van der Waals surface area (Å²) in [5, 5.41) is 18.4. The highest BCUT2D eigenvalue weighted by molar-refractivity contribution is 5.72. The second-order valence-electron chi connectivity index (χ2n) is 9.78. The van der Waals surface area contributed by atoms with Crippen LogP contribution in [-0.2, 0) is 0 Å².